The fourth-order valence-electron chi connectivity index (χ4n) is 3.33. The van der Waals surface area contributed by atoms with Gasteiger partial charge in [-0.3, -0.25) is 4.79 Å². The molecule has 1 heterocycles. The van der Waals surface area contributed by atoms with E-state index in [-0.39, 0.29) is 34.8 Å². The predicted molar refractivity (Wildman–Crippen MR) is 89.3 cm³/mol. The number of hydrogen-bond donors (Lipinski definition) is 1. The highest BCUT2D eigenvalue weighted by molar-refractivity contribution is 7.91. The van der Waals surface area contributed by atoms with Crippen LogP contribution in [0.2, 0.25) is 0 Å². The van der Waals surface area contributed by atoms with Gasteiger partial charge < -0.3 is 10.1 Å². The highest BCUT2D eigenvalue weighted by Crippen LogP contribution is 2.60. The summed E-state index contributed by atoms with van der Waals surface area (Å²) in [6.45, 7) is 3.93. The molecule has 3 rings (SSSR count). The summed E-state index contributed by atoms with van der Waals surface area (Å²) < 4.78 is 28.6. The van der Waals surface area contributed by atoms with Crippen LogP contribution in [-0.4, -0.2) is 31.9 Å². The minimum Gasteiger partial charge on any atom is -0.491 e. The van der Waals surface area contributed by atoms with Crippen LogP contribution in [0.4, 0.5) is 5.69 Å². The second kappa shape index (κ2) is 5.82. The van der Waals surface area contributed by atoms with Gasteiger partial charge in [0.25, 0.3) is 0 Å². The van der Waals surface area contributed by atoms with Gasteiger partial charge >= 0.3 is 0 Å². The fraction of sp³-hybridized carbons (Fsp3) is 0.588. The standard InChI is InChI=1S/C17H23NO4S/c1-12(2)22-14-5-3-13(4-6-14)18-16(19)15-11-17(15)7-9-23(20,21)10-8-17/h3-6,12,15H,7-11H2,1-2H3,(H,18,19)/t15-/m0/s1. The highest BCUT2D eigenvalue weighted by atomic mass is 32.2. The first-order valence-electron chi connectivity index (χ1n) is 8.08. The zero-order valence-electron chi connectivity index (χ0n) is 13.5. The lowest BCUT2D eigenvalue weighted by Gasteiger charge is -2.22. The van der Waals surface area contributed by atoms with Gasteiger partial charge in [0, 0.05) is 11.6 Å². The van der Waals surface area contributed by atoms with Crippen molar-refractivity contribution < 1.29 is 17.9 Å². The van der Waals surface area contributed by atoms with Crippen molar-refractivity contribution in [3.8, 4) is 5.75 Å². The molecule has 0 bridgehead atoms. The molecular weight excluding hydrogens is 314 g/mol. The number of rotatable bonds is 4. The highest BCUT2D eigenvalue weighted by Gasteiger charge is 2.59. The minimum absolute atomic E-state index is 0.00169. The second-order valence-electron chi connectivity index (χ2n) is 6.95. The summed E-state index contributed by atoms with van der Waals surface area (Å²) in [5.41, 5.74) is 0.674. The van der Waals surface area contributed by atoms with E-state index in [2.05, 4.69) is 5.32 Å². The Morgan fingerprint density at radius 3 is 2.39 bits per heavy atom. The van der Waals surface area contributed by atoms with Gasteiger partial charge in [0.1, 0.15) is 15.6 Å². The first-order valence-corrected chi connectivity index (χ1v) is 9.90. The van der Waals surface area contributed by atoms with E-state index in [9.17, 15) is 13.2 Å². The molecule has 1 saturated carbocycles. The summed E-state index contributed by atoms with van der Waals surface area (Å²) in [5, 5.41) is 2.93. The molecule has 0 unspecified atom stereocenters. The van der Waals surface area contributed by atoms with Gasteiger partial charge in [0.05, 0.1) is 17.6 Å². The van der Waals surface area contributed by atoms with Crippen molar-refractivity contribution in [2.45, 2.75) is 39.2 Å². The van der Waals surface area contributed by atoms with E-state index >= 15 is 0 Å². The smallest absolute Gasteiger partial charge is 0.228 e. The monoisotopic (exact) mass is 337 g/mol. The third-order valence-corrected chi connectivity index (χ3v) is 6.47. The van der Waals surface area contributed by atoms with Crippen LogP contribution in [0.15, 0.2) is 24.3 Å². The van der Waals surface area contributed by atoms with Gasteiger partial charge in [0.15, 0.2) is 0 Å². The zero-order valence-corrected chi connectivity index (χ0v) is 14.4. The van der Waals surface area contributed by atoms with Crippen LogP contribution < -0.4 is 10.1 Å². The first kappa shape index (κ1) is 16.3. The summed E-state index contributed by atoms with van der Waals surface area (Å²) in [7, 11) is -2.88. The lowest BCUT2D eigenvalue weighted by molar-refractivity contribution is -0.118. The Bertz CT molecular complexity index is 680. The molecule has 1 aliphatic heterocycles. The van der Waals surface area contributed by atoms with E-state index in [4.69, 9.17) is 4.74 Å². The number of carbonyl (C=O) groups is 1. The molecule has 1 saturated heterocycles. The second-order valence-corrected chi connectivity index (χ2v) is 9.25. The van der Waals surface area contributed by atoms with Gasteiger partial charge in [0.2, 0.25) is 5.91 Å². The lowest BCUT2D eigenvalue weighted by Crippen LogP contribution is -2.28. The quantitative estimate of drug-likeness (QED) is 0.917. The molecule has 2 aliphatic rings. The number of benzene rings is 1. The Balaban J connectivity index is 1.56. The van der Waals surface area contributed by atoms with Crippen LogP contribution >= 0.6 is 0 Å². The average molecular weight is 337 g/mol. The lowest BCUT2D eigenvalue weighted by atomic mass is 9.96. The molecule has 1 spiro atoms. The maximum atomic E-state index is 12.4. The van der Waals surface area contributed by atoms with E-state index in [0.29, 0.717) is 12.8 Å². The molecule has 6 heteroatoms. The number of carbonyl (C=O) groups excluding carboxylic acids is 1. The van der Waals surface area contributed by atoms with Crippen LogP contribution in [0, 0.1) is 11.3 Å². The Morgan fingerprint density at radius 1 is 1.22 bits per heavy atom. The van der Waals surface area contributed by atoms with E-state index in [0.717, 1.165) is 17.9 Å². The number of nitrogens with one attached hydrogen (secondary N) is 1. The Kier molecular flexibility index (Phi) is 4.12. The summed E-state index contributed by atoms with van der Waals surface area (Å²) >= 11 is 0. The summed E-state index contributed by atoms with van der Waals surface area (Å²) in [4.78, 5) is 12.4. The Hall–Kier alpha value is -1.56. The maximum absolute atomic E-state index is 12.4. The topological polar surface area (TPSA) is 72.5 Å². The molecule has 0 aromatic heterocycles. The van der Waals surface area contributed by atoms with Crippen molar-refractivity contribution in [1.29, 1.82) is 0 Å². The van der Waals surface area contributed by atoms with E-state index < -0.39 is 9.84 Å². The third kappa shape index (κ3) is 3.68. The van der Waals surface area contributed by atoms with E-state index in [1.165, 1.54) is 0 Å². The summed E-state index contributed by atoms with van der Waals surface area (Å²) in [6, 6.07) is 7.34. The molecule has 5 nitrogen and oxygen atoms in total. The van der Waals surface area contributed by atoms with Crippen LogP contribution in [0.5, 0.6) is 5.75 Å². The van der Waals surface area contributed by atoms with Crippen molar-refractivity contribution in [1.82, 2.24) is 0 Å². The van der Waals surface area contributed by atoms with Crippen LogP contribution in [0.3, 0.4) is 0 Å². The molecule has 1 atom stereocenters. The third-order valence-electron chi connectivity index (χ3n) is 4.82. The average Bonchev–Trinajstić information content (AvgIpc) is 3.19. The Morgan fingerprint density at radius 2 is 1.83 bits per heavy atom. The van der Waals surface area contributed by atoms with Crippen molar-refractivity contribution in [2.75, 3.05) is 16.8 Å². The molecule has 0 radical (unpaired) electrons. The summed E-state index contributed by atoms with van der Waals surface area (Å²) in [5.74, 6) is 1.17. The molecular formula is C17H23NO4S. The van der Waals surface area contributed by atoms with Crippen molar-refractivity contribution in [3.63, 3.8) is 0 Å². The van der Waals surface area contributed by atoms with Crippen LogP contribution in [0.1, 0.15) is 33.1 Å². The molecule has 23 heavy (non-hydrogen) atoms. The van der Waals surface area contributed by atoms with Crippen molar-refractivity contribution in [3.05, 3.63) is 24.3 Å². The number of sulfone groups is 1. The molecule has 1 N–H and O–H groups in total. The maximum Gasteiger partial charge on any atom is 0.228 e. The molecule has 2 fully saturated rings. The zero-order chi connectivity index (χ0) is 16.7. The SMILES string of the molecule is CC(C)Oc1ccc(NC(=O)[C@@H]2CC23CCS(=O)(=O)CC3)cc1. The van der Waals surface area contributed by atoms with Gasteiger partial charge in [-0.1, -0.05) is 0 Å². The van der Waals surface area contributed by atoms with E-state index in [1.807, 2.05) is 38.1 Å². The predicted octanol–water partition coefficient (Wildman–Crippen LogP) is 2.63. The van der Waals surface area contributed by atoms with Crippen molar-refractivity contribution >= 4 is 21.4 Å². The molecule has 126 valence electrons. The van der Waals surface area contributed by atoms with Crippen LogP contribution in [0.25, 0.3) is 0 Å². The molecule has 1 amide bonds. The molecule has 1 aliphatic carbocycles. The molecule has 1 aromatic carbocycles. The number of ether oxygens (including phenoxy) is 1. The first-order chi connectivity index (χ1) is 10.8. The summed E-state index contributed by atoms with van der Waals surface area (Å²) in [6.07, 6.45) is 2.16. The van der Waals surface area contributed by atoms with Gasteiger partial charge in [-0.15, -0.1) is 0 Å². The van der Waals surface area contributed by atoms with Gasteiger partial charge in [-0.25, -0.2) is 8.42 Å². The fourth-order valence-corrected chi connectivity index (χ4v) is 4.97. The Labute approximate surface area is 137 Å². The van der Waals surface area contributed by atoms with Gasteiger partial charge in [-0.2, -0.15) is 0 Å². The number of anilines is 1. The van der Waals surface area contributed by atoms with Crippen LogP contribution in [-0.2, 0) is 14.6 Å². The van der Waals surface area contributed by atoms with Gasteiger partial charge in [-0.05, 0) is 62.8 Å². The largest absolute Gasteiger partial charge is 0.491 e. The normalized spacial score (nSPS) is 24.4. The number of hydrogen-bond acceptors (Lipinski definition) is 4. The van der Waals surface area contributed by atoms with E-state index in [1.54, 1.807) is 0 Å². The minimum atomic E-state index is -2.88. The number of amides is 1. The van der Waals surface area contributed by atoms with Crippen molar-refractivity contribution in [2.24, 2.45) is 11.3 Å². The molecule has 1 aromatic rings.